The van der Waals surface area contributed by atoms with Crippen LogP contribution >= 0.6 is 11.6 Å². The van der Waals surface area contributed by atoms with Gasteiger partial charge in [0.2, 0.25) is 0 Å². The van der Waals surface area contributed by atoms with Crippen molar-refractivity contribution in [2.24, 2.45) is 7.05 Å². The van der Waals surface area contributed by atoms with Gasteiger partial charge in [-0.1, -0.05) is 11.6 Å². The molecule has 0 aromatic carbocycles. The van der Waals surface area contributed by atoms with E-state index in [0.29, 0.717) is 5.02 Å². The van der Waals surface area contributed by atoms with Crippen LogP contribution in [-0.4, -0.2) is 25.2 Å². The minimum Gasteiger partial charge on any atom is -0.259 e. The van der Waals surface area contributed by atoms with E-state index in [1.54, 1.807) is 18.0 Å². The highest BCUT2D eigenvalue weighted by Gasteiger charge is 2.19. The van der Waals surface area contributed by atoms with E-state index in [4.69, 9.17) is 11.6 Å². The average molecular weight is 298 g/mol. The van der Waals surface area contributed by atoms with Crippen LogP contribution in [0, 0.1) is 20.8 Å². The van der Waals surface area contributed by atoms with Crippen LogP contribution < -0.4 is 0 Å². The molecule has 0 aliphatic carbocycles. The third-order valence-corrected chi connectivity index (χ3v) is 4.56. The van der Waals surface area contributed by atoms with E-state index in [9.17, 15) is 4.21 Å². The molecule has 0 radical (unpaired) electrons. The maximum Gasteiger partial charge on any atom is 0.128 e. The fourth-order valence-electron chi connectivity index (χ4n) is 2.15. The molecule has 0 saturated carbocycles. The Hall–Kier alpha value is -1.20. The van der Waals surface area contributed by atoms with E-state index in [-0.39, 0.29) is 0 Å². The first-order chi connectivity index (χ1) is 8.82. The van der Waals surface area contributed by atoms with Gasteiger partial charge in [0, 0.05) is 18.9 Å². The molecule has 2 aromatic rings. The van der Waals surface area contributed by atoms with E-state index in [1.165, 1.54) is 0 Å². The number of rotatable bonds is 2. The SMILES string of the molecule is Cc1cc(Cl)c(C)nc1-c1nn(C)c(S(C)=O)c1C. The van der Waals surface area contributed by atoms with Crippen molar-refractivity contribution >= 4 is 22.4 Å². The van der Waals surface area contributed by atoms with Gasteiger partial charge in [-0.05, 0) is 32.4 Å². The Morgan fingerprint density at radius 2 is 1.89 bits per heavy atom. The number of nitrogens with zero attached hydrogens (tertiary/aromatic N) is 3. The summed E-state index contributed by atoms with van der Waals surface area (Å²) in [6, 6.07) is 1.88. The maximum absolute atomic E-state index is 11.7. The van der Waals surface area contributed by atoms with Gasteiger partial charge < -0.3 is 0 Å². The second-order valence-corrected chi connectivity index (χ2v) is 6.28. The Kier molecular flexibility index (Phi) is 3.78. The fourth-order valence-corrected chi connectivity index (χ4v) is 3.30. The van der Waals surface area contributed by atoms with E-state index >= 15 is 0 Å². The highest BCUT2D eigenvalue weighted by Crippen LogP contribution is 2.29. The molecule has 1 atom stereocenters. The molecular weight excluding hydrogens is 282 g/mol. The summed E-state index contributed by atoms with van der Waals surface area (Å²) >= 11 is 6.06. The number of aryl methyl sites for hydroxylation is 3. The van der Waals surface area contributed by atoms with Gasteiger partial charge in [-0.25, -0.2) is 4.98 Å². The number of pyridine rings is 1. The molecule has 2 rings (SSSR count). The quantitative estimate of drug-likeness (QED) is 0.856. The van der Waals surface area contributed by atoms with Crippen LogP contribution in [0.25, 0.3) is 11.4 Å². The summed E-state index contributed by atoms with van der Waals surface area (Å²) in [5.74, 6) is 0. The Bertz CT molecular complexity index is 679. The molecule has 2 heterocycles. The van der Waals surface area contributed by atoms with Gasteiger partial charge in [0.05, 0.1) is 27.2 Å². The third kappa shape index (κ3) is 2.44. The van der Waals surface area contributed by atoms with E-state index in [2.05, 4.69) is 10.1 Å². The molecular formula is C13H16ClN3OS. The molecule has 4 nitrogen and oxygen atoms in total. The molecule has 102 valence electrons. The molecule has 0 amide bonds. The van der Waals surface area contributed by atoms with Gasteiger partial charge in [-0.3, -0.25) is 8.89 Å². The van der Waals surface area contributed by atoms with E-state index in [0.717, 1.165) is 33.2 Å². The molecule has 0 spiro atoms. The zero-order valence-electron chi connectivity index (χ0n) is 11.6. The average Bonchev–Trinajstić information content (AvgIpc) is 2.59. The van der Waals surface area contributed by atoms with Crippen molar-refractivity contribution in [1.29, 1.82) is 0 Å². The molecule has 0 bridgehead atoms. The molecule has 1 unspecified atom stereocenters. The lowest BCUT2D eigenvalue weighted by molar-refractivity contribution is 0.654. The summed E-state index contributed by atoms with van der Waals surface area (Å²) in [4.78, 5) is 4.51. The van der Waals surface area contributed by atoms with Crippen LogP contribution in [-0.2, 0) is 17.8 Å². The number of aromatic nitrogens is 3. The van der Waals surface area contributed by atoms with Crippen LogP contribution in [0.5, 0.6) is 0 Å². The summed E-state index contributed by atoms with van der Waals surface area (Å²) in [7, 11) is 0.722. The number of halogens is 1. The van der Waals surface area contributed by atoms with Crippen LogP contribution in [0.3, 0.4) is 0 Å². The molecule has 0 fully saturated rings. The Labute approximate surface area is 120 Å². The molecule has 0 saturated heterocycles. The minimum atomic E-state index is -1.07. The highest BCUT2D eigenvalue weighted by atomic mass is 35.5. The third-order valence-electron chi connectivity index (χ3n) is 3.06. The lowest BCUT2D eigenvalue weighted by atomic mass is 10.1. The Morgan fingerprint density at radius 1 is 1.26 bits per heavy atom. The van der Waals surface area contributed by atoms with Crippen molar-refractivity contribution in [3.05, 3.63) is 27.9 Å². The second kappa shape index (κ2) is 5.06. The van der Waals surface area contributed by atoms with Crippen molar-refractivity contribution in [3.8, 4) is 11.4 Å². The van der Waals surface area contributed by atoms with Crippen molar-refractivity contribution in [3.63, 3.8) is 0 Å². The standard InChI is InChI=1S/C13H16ClN3OS/c1-7-6-10(14)9(3)15-11(7)12-8(2)13(19(5)18)17(4)16-12/h6H,1-5H3. The second-order valence-electron chi connectivity index (χ2n) is 4.58. The zero-order valence-corrected chi connectivity index (χ0v) is 13.2. The largest absolute Gasteiger partial charge is 0.259 e. The van der Waals surface area contributed by atoms with Gasteiger partial charge in [-0.15, -0.1) is 0 Å². The molecule has 0 aliphatic rings. The predicted octanol–water partition coefficient (Wildman–Crippen LogP) is 2.80. The molecule has 19 heavy (non-hydrogen) atoms. The van der Waals surface area contributed by atoms with Gasteiger partial charge in [0.1, 0.15) is 10.7 Å². The Balaban J connectivity index is 2.70. The van der Waals surface area contributed by atoms with E-state index in [1.807, 2.05) is 26.8 Å². The van der Waals surface area contributed by atoms with Gasteiger partial charge in [0.25, 0.3) is 0 Å². The summed E-state index contributed by atoms with van der Waals surface area (Å²) in [6.07, 6.45) is 1.65. The normalized spacial score (nSPS) is 12.7. The van der Waals surface area contributed by atoms with E-state index < -0.39 is 10.8 Å². The summed E-state index contributed by atoms with van der Waals surface area (Å²) < 4.78 is 13.4. The van der Waals surface area contributed by atoms with Crippen LogP contribution in [0.1, 0.15) is 16.8 Å². The monoisotopic (exact) mass is 297 g/mol. The fraction of sp³-hybridized carbons (Fsp3) is 0.385. The molecule has 2 aromatic heterocycles. The first-order valence-corrected chi connectivity index (χ1v) is 7.77. The van der Waals surface area contributed by atoms with Crippen molar-refractivity contribution < 1.29 is 4.21 Å². The number of hydrogen-bond donors (Lipinski definition) is 0. The highest BCUT2D eigenvalue weighted by molar-refractivity contribution is 7.84. The lowest BCUT2D eigenvalue weighted by Crippen LogP contribution is -2.00. The summed E-state index contributed by atoms with van der Waals surface area (Å²) in [5, 5.41) is 5.82. The van der Waals surface area contributed by atoms with Gasteiger partial charge in [0.15, 0.2) is 0 Å². The topological polar surface area (TPSA) is 47.8 Å². The van der Waals surface area contributed by atoms with Crippen molar-refractivity contribution in [2.75, 3.05) is 6.26 Å². The van der Waals surface area contributed by atoms with Crippen molar-refractivity contribution in [1.82, 2.24) is 14.8 Å². The molecule has 0 aliphatic heterocycles. The number of hydrogen-bond acceptors (Lipinski definition) is 3. The van der Waals surface area contributed by atoms with Gasteiger partial charge in [-0.2, -0.15) is 5.10 Å². The molecule has 0 N–H and O–H groups in total. The van der Waals surface area contributed by atoms with Crippen LogP contribution in [0.15, 0.2) is 11.1 Å². The van der Waals surface area contributed by atoms with Crippen LogP contribution in [0.4, 0.5) is 0 Å². The zero-order chi connectivity index (χ0) is 14.3. The predicted molar refractivity (Wildman–Crippen MR) is 78.0 cm³/mol. The minimum absolute atomic E-state index is 0.647. The first kappa shape index (κ1) is 14.2. The lowest BCUT2D eigenvalue weighted by Gasteiger charge is -2.06. The Morgan fingerprint density at radius 3 is 2.42 bits per heavy atom. The summed E-state index contributed by atoms with van der Waals surface area (Å²) in [5.41, 5.74) is 4.20. The molecule has 6 heteroatoms. The van der Waals surface area contributed by atoms with Crippen LogP contribution in [0.2, 0.25) is 5.02 Å². The maximum atomic E-state index is 11.7. The van der Waals surface area contributed by atoms with Gasteiger partial charge >= 0.3 is 0 Å². The summed E-state index contributed by atoms with van der Waals surface area (Å²) in [6.45, 7) is 5.73. The first-order valence-electron chi connectivity index (χ1n) is 5.84. The smallest absolute Gasteiger partial charge is 0.128 e. The van der Waals surface area contributed by atoms with Crippen molar-refractivity contribution in [2.45, 2.75) is 25.8 Å².